The van der Waals surface area contributed by atoms with Crippen LogP contribution in [-0.4, -0.2) is 51.2 Å². The quantitative estimate of drug-likeness (QED) is 0.864. The molecule has 2 N–H and O–H groups in total. The van der Waals surface area contributed by atoms with Crippen molar-refractivity contribution in [2.24, 2.45) is 5.92 Å². The summed E-state index contributed by atoms with van der Waals surface area (Å²) >= 11 is 0. The van der Waals surface area contributed by atoms with E-state index < -0.39 is 42.3 Å². The predicted octanol–water partition coefficient (Wildman–Crippen LogP) is 1.02. The topological polar surface area (TPSA) is 84.7 Å². The highest BCUT2D eigenvalue weighted by atomic mass is 19.4. The monoisotopic (exact) mass is 322 g/mol. The fraction of sp³-hybridized carbons (Fsp3) is 0.692. The van der Waals surface area contributed by atoms with E-state index in [1.165, 1.54) is 0 Å². The Hall–Kier alpha value is -1.45. The largest absolute Gasteiger partial charge is 0.455 e. The molecule has 1 aliphatic heterocycles. The van der Waals surface area contributed by atoms with Crippen LogP contribution in [0.4, 0.5) is 13.2 Å². The summed E-state index contributed by atoms with van der Waals surface area (Å²) in [6, 6.07) is 0.183. The van der Waals surface area contributed by atoms with Crippen LogP contribution in [0.5, 0.6) is 6.01 Å². The zero-order chi connectivity index (χ0) is 16.5. The Labute approximate surface area is 124 Å². The van der Waals surface area contributed by atoms with Gasteiger partial charge in [-0.25, -0.2) is 4.98 Å². The number of halogens is 3. The van der Waals surface area contributed by atoms with E-state index in [1.54, 1.807) is 0 Å². The van der Waals surface area contributed by atoms with Gasteiger partial charge in [-0.05, 0) is 12.0 Å². The Morgan fingerprint density at radius 1 is 1.32 bits per heavy atom. The van der Waals surface area contributed by atoms with E-state index in [1.807, 2.05) is 13.8 Å². The number of alkyl halides is 3. The van der Waals surface area contributed by atoms with Gasteiger partial charge < -0.3 is 19.7 Å². The van der Waals surface area contributed by atoms with Crippen LogP contribution in [0.3, 0.4) is 0 Å². The number of aliphatic hydroxyl groups excluding tert-OH is 2. The van der Waals surface area contributed by atoms with E-state index in [4.69, 9.17) is 9.47 Å². The van der Waals surface area contributed by atoms with Crippen LogP contribution < -0.4 is 4.74 Å². The molecule has 0 saturated carbocycles. The van der Waals surface area contributed by atoms with Crippen molar-refractivity contribution in [3.05, 3.63) is 18.0 Å². The molecule has 1 fully saturated rings. The molecule has 0 bridgehead atoms. The number of rotatable bonds is 3. The van der Waals surface area contributed by atoms with Gasteiger partial charge in [0.15, 0.2) is 11.8 Å². The molecule has 1 aromatic heterocycles. The fourth-order valence-corrected chi connectivity index (χ4v) is 2.20. The van der Waals surface area contributed by atoms with Gasteiger partial charge in [-0.1, -0.05) is 13.8 Å². The van der Waals surface area contributed by atoms with Crippen LogP contribution in [0.1, 0.15) is 19.5 Å². The van der Waals surface area contributed by atoms with Gasteiger partial charge in [-0.15, -0.1) is 0 Å². The molecule has 0 amide bonds. The highest BCUT2D eigenvalue weighted by Crippen LogP contribution is 2.29. The maximum absolute atomic E-state index is 12.6. The first-order valence-electron chi connectivity index (χ1n) is 6.74. The average molecular weight is 322 g/mol. The average Bonchev–Trinajstić information content (AvgIpc) is 2.43. The second kappa shape index (κ2) is 6.35. The molecule has 2 heterocycles. The van der Waals surface area contributed by atoms with Crippen LogP contribution in [0.2, 0.25) is 0 Å². The predicted molar refractivity (Wildman–Crippen MR) is 68.0 cm³/mol. The van der Waals surface area contributed by atoms with Gasteiger partial charge in [0.2, 0.25) is 0 Å². The standard InChI is InChI=1S/C13H17F3N2O4/c1-6(2)11-10(20)9(19)7(5-21-11)22-12-17-4-3-8(18-12)13(14,15)16/h3-4,6-7,9-11,19-20H,5H2,1-2H3/t7-,9+,10+,11+/m0/s1. The third-order valence-electron chi connectivity index (χ3n) is 3.36. The van der Waals surface area contributed by atoms with Crippen molar-refractivity contribution in [1.29, 1.82) is 0 Å². The molecule has 4 atom stereocenters. The first kappa shape index (κ1) is 16.9. The normalized spacial score (nSPS) is 29.6. The van der Waals surface area contributed by atoms with E-state index in [0.717, 1.165) is 6.20 Å². The third kappa shape index (κ3) is 3.65. The lowest BCUT2D eigenvalue weighted by Gasteiger charge is -2.38. The summed E-state index contributed by atoms with van der Waals surface area (Å²) < 4.78 is 48.2. The Morgan fingerprint density at radius 3 is 2.59 bits per heavy atom. The molecule has 1 aromatic rings. The van der Waals surface area contributed by atoms with E-state index in [-0.39, 0.29) is 12.5 Å². The number of aromatic nitrogens is 2. The number of nitrogens with zero attached hydrogens (tertiary/aromatic N) is 2. The maximum atomic E-state index is 12.6. The highest BCUT2D eigenvalue weighted by molar-refractivity contribution is 5.09. The molecule has 1 aliphatic rings. The first-order chi connectivity index (χ1) is 10.2. The van der Waals surface area contributed by atoms with Gasteiger partial charge in [0, 0.05) is 6.20 Å². The van der Waals surface area contributed by atoms with Crippen molar-refractivity contribution in [3.8, 4) is 6.01 Å². The molecule has 0 aromatic carbocycles. The first-order valence-corrected chi connectivity index (χ1v) is 6.74. The Balaban J connectivity index is 2.09. The molecule has 0 unspecified atom stereocenters. The Bertz CT molecular complexity index is 512. The zero-order valence-electron chi connectivity index (χ0n) is 12.0. The molecule has 9 heteroatoms. The van der Waals surface area contributed by atoms with E-state index in [2.05, 4.69) is 9.97 Å². The lowest BCUT2D eigenvalue weighted by molar-refractivity contribution is -0.192. The van der Waals surface area contributed by atoms with Gasteiger partial charge in [-0.2, -0.15) is 18.2 Å². The molecule has 0 aliphatic carbocycles. The number of hydrogen-bond acceptors (Lipinski definition) is 6. The van der Waals surface area contributed by atoms with Crippen molar-refractivity contribution >= 4 is 0 Å². The minimum atomic E-state index is -4.62. The molecule has 6 nitrogen and oxygen atoms in total. The van der Waals surface area contributed by atoms with Gasteiger partial charge in [0.1, 0.15) is 12.2 Å². The number of aliphatic hydroxyl groups is 2. The lowest BCUT2D eigenvalue weighted by Crippen LogP contribution is -2.56. The summed E-state index contributed by atoms with van der Waals surface area (Å²) in [5, 5.41) is 20.0. The lowest BCUT2D eigenvalue weighted by atomic mass is 9.92. The van der Waals surface area contributed by atoms with Gasteiger partial charge in [-0.3, -0.25) is 0 Å². The van der Waals surface area contributed by atoms with Crippen molar-refractivity contribution < 1.29 is 32.9 Å². The maximum Gasteiger partial charge on any atom is 0.433 e. The van der Waals surface area contributed by atoms with Gasteiger partial charge >= 0.3 is 12.2 Å². The fourth-order valence-electron chi connectivity index (χ4n) is 2.20. The van der Waals surface area contributed by atoms with Crippen LogP contribution in [0, 0.1) is 5.92 Å². The van der Waals surface area contributed by atoms with Gasteiger partial charge in [0.25, 0.3) is 0 Å². The van der Waals surface area contributed by atoms with Crippen LogP contribution in [-0.2, 0) is 10.9 Å². The van der Waals surface area contributed by atoms with Crippen LogP contribution in [0.25, 0.3) is 0 Å². The van der Waals surface area contributed by atoms with E-state index >= 15 is 0 Å². The molecular formula is C13H17F3N2O4. The van der Waals surface area contributed by atoms with Crippen molar-refractivity contribution in [2.45, 2.75) is 44.4 Å². The van der Waals surface area contributed by atoms with Gasteiger partial charge in [0.05, 0.1) is 12.7 Å². The minimum absolute atomic E-state index is 0.0320. The molecular weight excluding hydrogens is 305 g/mol. The second-order valence-electron chi connectivity index (χ2n) is 5.40. The van der Waals surface area contributed by atoms with Crippen molar-refractivity contribution in [1.82, 2.24) is 9.97 Å². The molecule has 2 rings (SSSR count). The Morgan fingerprint density at radius 2 is 2.00 bits per heavy atom. The summed E-state index contributed by atoms with van der Waals surface area (Å²) in [6.45, 7) is 3.55. The third-order valence-corrected chi connectivity index (χ3v) is 3.36. The van der Waals surface area contributed by atoms with E-state index in [9.17, 15) is 23.4 Å². The smallest absolute Gasteiger partial charge is 0.433 e. The number of ether oxygens (including phenoxy) is 2. The zero-order valence-corrected chi connectivity index (χ0v) is 12.0. The summed E-state index contributed by atoms with van der Waals surface area (Å²) in [7, 11) is 0. The summed E-state index contributed by atoms with van der Waals surface area (Å²) in [5.41, 5.74) is -1.15. The van der Waals surface area contributed by atoms with Crippen LogP contribution >= 0.6 is 0 Å². The summed E-state index contributed by atoms with van der Waals surface area (Å²) in [6.07, 6.45) is -7.84. The minimum Gasteiger partial charge on any atom is -0.455 e. The van der Waals surface area contributed by atoms with Crippen molar-refractivity contribution in [2.75, 3.05) is 6.61 Å². The SMILES string of the molecule is CC(C)[C@H]1OC[C@H](Oc2nccc(C(F)(F)F)n2)[C@@H](O)[C@H]1O. The second-order valence-corrected chi connectivity index (χ2v) is 5.40. The van der Waals surface area contributed by atoms with E-state index in [0.29, 0.717) is 6.07 Å². The molecule has 124 valence electrons. The highest BCUT2D eigenvalue weighted by Gasteiger charge is 2.41. The molecule has 0 spiro atoms. The Kier molecular flexibility index (Phi) is 4.88. The van der Waals surface area contributed by atoms with Crippen molar-refractivity contribution in [3.63, 3.8) is 0 Å². The number of hydrogen-bond donors (Lipinski definition) is 2. The summed E-state index contributed by atoms with van der Waals surface area (Å²) in [4.78, 5) is 6.82. The molecule has 22 heavy (non-hydrogen) atoms. The van der Waals surface area contributed by atoms with Crippen LogP contribution in [0.15, 0.2) is 12.3 Å². The summed E-state index contributed by atoms with van der Waals surface area (Å²) in [5.74, 6) is -0.0320. The molecule has 1 saturated heterocycles. The molecule has 0 radical (unpaired) electrons.